The van der Waals surface area contributed by atoms with Crippen LogP contribution in [0.4, 0.5) is 0 Å². The summed E-state index contributed by atoms with van der Waals surface area (Å²) in [6.45, 7) is 3.74. The van der Waals surface area contributed by atoms with E-state index < -0.39 is 0 Å². The van der Waals surface area contributed by atoms with Crippen LogP contribution in [-0.4, -0.2) is 51.7 Å². The number of rotatable bonds is 7. The molecule has 0 bridgehead atoms. The SMILES string of the molecule is CCOc1c(OC)cccc1C(=O)NCCN(C)C.Cl. The number of methoxy groups -OCH3 is 1. The molecule has 0 atom stereocenters. The molecule has 0 radical (unpaired) electrons. The van der Waals surface area contributed by atoms with Gasteiger partial charge in [-0.2, -0.15) is 0 Å². The maximum atomic E-state index is 12.1. The molecule has 0 aliphatic heterocycles. The van der Waals surface area contributed by atoms with Crippen molar-refractivity contribution in [1.82, 2.24) is 10.2 Å². The molecule has 114 valence electrons. The van der Waals surface area contributed by atoms with Gasteiger partial charge in [-0.25, -0.2) is 0 Å². The van der Waals surface area contributed by atoms with Crippen LogP contribution in [0, 0.1) is 0 Å². The molecule has 0 unspecified atom stereocenters. The molecule has 0 fully saturated rings. The third kappa shape index (κ3) is 5.27. The number of benzene rings is 1. The first-order chi connectivity index (χ1) is 9.10. The van der Waals surface area contributed by atoms with Crippen molar-refractivity contribution in [3.8, 4) is 11.5 Å². The first kappa shape index (κ1) is 18.5. The minimum Gasteiger partial charge on any atom is -0.493 e. The number of nitrogens with zero attached hydrogens (tertiary/aromatic N) is 1. The van der Waals surface area contributed by atoms with Crippen molar-refractivity contribution < 1.29 is 14.3 Å². The second kappa shape index (κ2) is 9.44. The number of nitrogens with one attached hydrogen (secondary N) is 1. The van der Waals surface area contributed by atoms with E-state index in [0.29, 0.717) is 30.2 Å². The van der Waals surface area contributed by atoms with E-state index in [1.807, 2.05) is 25.9 Å². The van der Waals surface area contributed by atoms with Crippen LogP contribution in [0.2, 0.25) is 0 Å². The summed E-state index contributed by atoms with van der Waals surface area (Å²) in [5, 5.41) is 2.86. The molecule has 0 saturated heterocycles. The van der Waals surface area contributed by atoms with Gasteiger partial charge in [0.2, 0.25) is 0 Å². The number of carbonyl (C=O) groups excluding carboxylic acids is 1. The average Bonchev–Trinajstić information content (AvgIpc) is 2.38. The summed E-state index contributed by atoms with van der Waals surface area (Å²) in [6, 6.07) is 5.29. The minimum absolute atomic E-state index is 0. The quantitative estimate of drug-likeness (QED) is 0.834. The Labute approximate surface area is 126 Å². The maximum Gasteiger partial charge on any atom is 0.255 e. The fourth-order valence-electron chi connectivity index (χ4n) is 1.64. The van der Waals surface area contributed by atoms with Crippen molar-refractivity contribution >= 4 is 18.3 Å². The largest absolute Gasteiger partial charge is 0.493 e. The Bertz CT molecular complexity index is 425. The molecule has 5 nitrogen and oxygen atoms in total. The minimum atomic E-state index is -0.149. The van der Waals surface area contributed by atoms with Crippen LogP contribution in [0.1, 0.15) is 17.3 Å². The Balaban J connectivity index is 0.00000361. The second-order valence-electron chi connectivity index (χ2n) is 4.33. The van der Waals surface area contributed by atoms with Crippen LogP contribution in [0.15, 0.2) is 18.2 Å². The number of carbonyl (C=O) groups is 1. The van der Waals surface area contributed by atoms with Crippen molar-refractivity contribution in [3.63, 3.8) is 0 Å². The van der Waals surface area contributed by atoms with Gasteiger partial charge < -0.3 is 19.7 Å². The Hall–Kier alpha value is -1.46. The molecule has 0 spiro atoms. The predicted octanol–water partition coefficient (Wildman–Crippen LogP) is 1.81. The number of para-hydroxylation sites is 1. The lowest BCUT2D eigenvalue weighted by Crippen LogP contribution is -2.31. The zero-order valence-corrected chi connectivity index (χ0v) is 13.3. The molecule has 0 aliphatic carbocycles. The van der Waals surface area contributed by atoms with Crippen LogP contribution in [0.5, 0.6) is 11.5 Å². The van der Waals surface area contributed by atoms with Gasteiger partial charge in [0, 0.05) is 13.1 Å². The number of halogens is 1. The van der Waals surface area contributed by atoms with Gasteiger partial charge >= 0.3 is 0 Å². The summed E-state index contributed by atoms with van der Waals surface area (Å²) in [5.41, 5.74) is 0.500. The summed E-state index contributed by atoms with van der Waals surface area (Å²) in [5.74, 6) is 0.918. The lowest BCUT2D eigenvalue weighted by molar-refractivity contribution is 0.0946. The Morgan fingerprint density at radius 2 is 2.05 bits per heavy atom. The van der Waals surface area contributed by atoms with E-state index in [4.69, 9.17) is 9.47 Å². The number of hydrogen-bond donors (Lipinski definition) is 1. The molecule has 1 N–H and O–H groups in total. The van der Waals surface area contributed by atoms with Gasteiger partial charge in [0.25, 0.3) is 5.91 Å². The van der Waals surface area contributed by atoms with Crippen molar-refractivity contribution in [2.75, 3.05) is 40.9 Å². The summed E-state index contributed by atoms with van der Waals surface area (Å²) in [7, 11) is 5.48. The van der Waals surface area contributed by atoms with E-state index in [1.54, 1.807) is 25.3 Å². The summed E-state index contributed by atoms with van der Waals surface area (Å²) >= 11 is 0. The fraction of sp³-hybridized carbons (Fsp3) is 0.500. The van der Waals surface area contributed by atoms with E-state index in [9.17, 15) is 4.79 Å². The highest BCUT2D eigenvalue weighted by molar-refractivity contribution is 5.97. The first-order valence-corrected chi connectivity index (χ1v) is 6.32. The monoisotopic (exact) mass is 302 g/mol. The topological polar surface area (TPSA) is 50.8 Å². The molecule has 6 heteroatoms. The third-order valence-electron chi connectivity index (χ3n) is 2.58. The van der Waals surface area contributed by atoms with Crippen LogP contribution in [0.25, 0.3) is 0 Å². The standard InChI is InChI=1S/C14H22N2O3.ClH/c1-5-19-13-11(7-6-8-12(13)18-4)14(17)15-9-10-16(2)3;/h6-8H,5,9-10H2,1-4H3,(H,15,17);1H. The molecule has 1 aromatic rings. The molecule has 20 heavy (non-hydrogen) atoms. The molecule has 0 saturated carbocycles. The van der Waals surface area contributed by atoms with Gasteiger partial charge in [-0.1, -0.05) is 6.07 Å². The van der Waals surface area contributed by atoms with Crippen LogP contribution in [-0.2, 0) is 0 Å². The molecule has 0 aliphatic rings. The van der Waals surface area contributed by atoms with Gasteiger partial charge in [-0.15, -0.1) is 12.4 Å². The Morgan fingerprint density at radius 3 is 2.60 bits per heavy atom. The van der Waals surface area contributed by atoms with Gasteiger partial charge in [0.15, 0.2) is 11.5 Å². The summed E-state index contributed by atoms with van der Waals surface area (Å²) in [4.78, 5) is 14.1. The number of ether oxygens (including phenoxy) is 2. The average molecular weight is 303 g/mol. The summed E-state index contributed by atoms with van der Waals surface area (Å²) < 4.78 is 10.7. The van der Waals surface area contributed by atoms with E-state index in [2.05, 4.69) is 5.32 Å². The normalized spacial score (nSPS) is 9.85. The van der Waals surface area contributed by atoms with Crippen molar-refractivity contribution in [2.45, 2.75) is 6.92 Å². The molecule has 1 rings (SSSR count). The molecule has 1 amide bonds. The maximum absolute atomic E-state index is 12.1. The highest BCUT2D eigenvalue weighted by Crippen LogP contribution is 2.30. The van der Waals surface area contributed by atoms with Crippen LogP contribution < -0.4 is 14.8 Å². The predicted molar refractivity (Wildman–Crippen MR) is 82.3 cm³/mol. The second-order valence-corrected chi connectivity index (χ2v) is 4.33. The summed E-state index contributed by atoms with van der Waals surface area (Å²) in [6.07, 6.45) is 0. The van der Waals surface area contributed by atoms with Gasteiger partial charge in [-0.3, -0.25) is 4.79 Å². The Morgan fingerprint density at radius 1 is 1.35 bits per heavy atom. The zero-order chi connectivity index (χ0) is 14.3. The van der Waals surface area contributed by atoms with E-state index >= 15 is 0 Å². The van der Waals surface area contributed by atoms with E-state index in [0.717, 1.165) is 6.54 Å². The van der Waals surface area contributed by atoms with Crippen molar-refractivity contribution in [3.05, 3.63) is 23.8 Å². The lowest BCUT2D eigenvalue weighted by Gasteiger charge is -2.15. The van der Waals surface area contributed by atoms with Gasteiger partial charge in [0.05, 0.1) is 19.3 Å². The third-order valence-corrected chi connectivity index (χ3v) is 2.58. The molecule has 1 aromatic carbocycles. The highest BCUT2D eigenvalue weighted by atomic mass is 35.5. The number of likely N-dealkylation sites (N-methyl/N-ethyl adjacent to an activating group) is 1. The van der Waals surface area contributed by atoms with E-state index in [1.165, 1.54) is 0 Å². The van der Waals surface area contributed by atoms with E-state index in [-0.39, 0.29) is 18.3 Å². The molecule has 0 aromatic heterocycles. The number of amides is 1. The highest BCUT2D eigenvalue weighted by Gasteiger charge is 2.16. The van der Waals surface area contributed by atoms with Crippen molar-refractivity contribution in [2.24, 2.45) is 0 Å². The van der Waals surface area contributed by atoms with Gasteiger partial charge in [-0.05, 0) is 33.2 Å². The van der Waals surface area contributed by atoms with Crippen LogP contribution >= 0.6 is 12.4 Å². The molecular formula is C14H23ClN2O3. The molecule has 0 heterocycles. The lowest BCUT2D eigenvalue weighted by atomic mass is 10.1. The Kier molecular flexibility index (Phi) is 8.76. The first-order valence-electron chi connectivity index (χ1n) is 6.32. The molecular weight excluding hydrogens is 280 g/mol. The smallest absolute Gasteiger partial charge is 0.255 e. The zero-order valence-electron chi connectivity index (χ0n) is 12.4. The van der Waals surface area contributed by atoms with Crippen molar-refractivity contribution in [1.29, 1.82) is 0 Å². The fourth-order valence-corrected chi connectivity index (χ4v) is 1.64. The number of hydrogen-bond acceptors (Lipinski definition) is 4. The van der Waals surface area contributed by atoms with Gasteiger partial charge in [0.1, 0.15) is 0 Å². The van der Waals surface area contributed by atoms with Crippen LogP contribution in [0.3, 0.4) is 0 Å².